The van der Waals surface area contributed by atoms with Gasteiger partial charge in [-0.1, -0.05) is 12.1 Å². The molecule has 2 saturated heterocycles. The van der Waals surface area contributed by atoms with Crippen LogP contribution in [0.4, 0.5) is 11.6 Å². The molecular formula is C25H35N5O2. The van der Waals surface area contributed by atoms with Gasteiger partial charge in [0.15, 0.2) is 0 Å². The largest absolute Gasteiger partial charge is 0.372 e. The lowest BCUT2D eigenvalue weighted by Gasteiger charge is -2.36. The zero-order valence-corrected chi connectivity index (χ0v) is 19.3. The molecule has 1 aromatic heterocycles. The van der Waals surface area contributed by atoms with Crippen LogP contribution in [-0.4, -0.2) is 59.8 Å². The number of benzene rings is 1. The normalized spacial score (nSPS) is 24.4. The first kappa shape index (κ1) is 21.5. The molecule has 7 nitrogen and oxygen atoms in total. The second-order valence-corrected chi connectivity index (χ2v) is 9.65. The summed E-state index contributed by atoms with van der Waals surface area (Å²) in [7, 11) is 0. The number of fused-ring (bicyclic) bond motifs is 1. The average Bonchev–Trinajstić information content (AvgIpc) is 2.79. The highest BCUT2D eigenvalue weighted by Crippen LogP contribution is 2.23. The van der Waals surface area contributed by atoms with Crippen molar-refractivity contribution in [3.63, 3.8) is 0 Å². The van der Waals surface area contributed by atoms with Crippen molar-refractivity contribution in [1.82, 2.24) is 14.9 Å². The number of aromatic amines is 1. The van der Waals surface area contributed by atoms with Gasteiger partial charge in [-0.2, -0.15) is 0 Å². The van der Waals surface area contributed by atoms with Crippen LogP contribution >= 0.6 is 0 Å². The molecule has 3 aliphatic rings. The zero-order chi connectivity index (χ0) is 22.1. The minimum Gasteiger partial charge on any atom is -0.372 e. The Balaban J connectivity index is 1.27. The number of aromatic nitrogens is 2. The van der Waals surface area contributed by atoms with E-state index in [0.29, 0.717) is 5.95 Å². The summed E-state index contributed by atoms with van der Waals surface area (Å²) in [4.78, 5) is 27.7. The number of hydrogen-bond acceptors (Lipinski definition) is 6. The fourth-order valence-electron chi connectivity index (χ4n) is 5.34. The number of ether oxygens (including phenoxy) is 1. The number of rotatable bonds is 4. The van der Waals surface area contributed by atoms with Crippen molar-refractivity contribution >= 4 is 11.6 Å². The van der Waals surface area contributed by atoms with Crippen molar-refractivity contribution in [2.75, 3.05) is 42.5 Å². The number of H-pyrrole nitrogens is 1. The van der Waals surface area contributed by atoms with E-state index in [4.69, 9.17) is 9.72 Å². The van der Waals surface area contributed by atoms with Gasteiger partial charge >= 0.3 is 0 Å². The van der Waals surface area contributed by atoms with Gasteiger partial charge in [-0.3, -0.25) is 14.7 Å². The Morgan fingerprint density at radius 3 is 2.44 bits per heavy atom. The minimum absolute atomic E-state index is 0.0160. The van der Waals surface area contributed by atoms with Gasteiger partial charge in [0.25, 0.3) is 5.56 Å². The maximum Gasteiger partial charge on any atom is 0.255 e. The van der Waals surface area contributed by atoms with Crippen molar-refractivity contribution in [2.24, 2.45) is 0 Å². The average molecular weight is 438 g/mol. The number of piperidine rings is 1. The summed E-state index contributed by atoms with van der Waals surface area (Å²) in [6, 6.07) is 9.04. The molecule has 1 N–H and O–H groups in total. The Kier molecular flexibility index (Phi) is 6.20. The van der Waals surface area contributed by atoms with Crippen LogP contribution in [0.2, 0.25) is 0 Å². The van der Waals surface area contributed by atoms with Crippen molar-refractivity contribution in [3.8, 4) is 0 Å². The van der Waals surface area contributed by atoms with Crippen LogP contribution < -0.4 is 15.4 Å². The molecular weight excluding hydrogens is 402 g/mol. The smallest absolute Gasteiger partial charge is 0.255 e. The van der Waals surface area contributed by atoms with Gasteiger partial charge in [0.1, 0.15) is 0 Å². The molecule has 0 saturated carbocycles. The summed E-state index contributed by atoms with van der Waals surface area (Å²) in [6.07, 6.45) is 4.96. The van der Waals surface area contributed by atoms with E-state index in [-0.39, 0.29) is 17.8 Å². The molecule has 2 aromatic rings. The Morgan fingerprint density at radius 1 is 1.00 bits per heavy atom. The van der Waals surface area contributed by atoms with E-state index in [0.717, 1.165) is 50.4 Å². The van der Waals surface area contributed by atoms with E-state index in [9.17, 15) is 4.79 Å². The lowest BCUT2D eigenvalue weighted by molar-refractivity contribution is -0.00576. The third-order valence-electron chi connectivity index (χ3n) is 6.92. The highest BCUT2D eigenvalue weighted by Gasteiger charge is 2.27. The van der Waals surface area contributed by atoms with Crippen molar-refractivity contribution in [1.29, 1.82) is 0 Å². The lowest BCUT2D eigenvalue weighted by atomic mass is 10.1. The molecule has 0 radical (unpaired) electrons. The van der Waals surface area contributed by atoms with Crippen LogP contribution in [0.1, 0.15) is 49.9 Å². The predicted molar refractivity (Wildman–Crippen MR) is 127 cm³/mol. The fraction of sp³-hybridized carbons (Fsp3) is 0.600. The molecule has 2 atom stereocenters. The Bertz CT molecular complexity index is 973. The summed E-state index contributed by atoms with van der Waals surface area (Å²) in [5.41, 5.74) is 4.44. The monoisotopic (exact) mass is 437 g/mol. The standard InChI is InChI=1S/C25H35N5O2/c1-18-14-30(15-19(2)32-18)25-26-23-17-28(13-10-22(23)24(31)27-25)16-20-6-8-21(9-7-20)29-11-4-3-5-12-29/h6-9,18-19H,3-5,10-17H2,1-2H3,(H,26,27,31)/t18-,19+. The molecule has 0 unspecified atom stereocenters. The molecule has 0 amide bonds. The van der Waals surface area contributed by atoms with E-state index in [1.807, 2.05) is 0 Å². The van der Waals surface area contributed by atoms with Gasteiger partial charge in [-0.25, -0.2) is 4.98 Å². The SMILES string of the molecule is C[C@@H]1CN(c2nc3c(c(=O)[nH]2)CCN(Cc2ccc(N4CCCCC4)cc2)C3)C[C@H](C)O1. The van der Waals surface area contributed by atoms with Crippen LogP contribution in [0.25, 0.3) is 0 Å². The van der Waals surface area contributed by atoms with E-state index >= 15 is 0 Å². The molecule has 0 bridgehead atoms. The second kappa shape index (κ2) is 9.24. The van der Waals surface area contributed by atoms with Gasteiger partial charge in [0.05, 0.1) is 17.9 Å². The van der Waals surface area contributed by atoms with Gasteiger partial charge < -0.3 is 14.5 Å². The lowest BCUT2D eigenvalue weighted by Crippen LogP contribution is -2.47. The van der Waals surface area contributed by atoms with Crippen molar-refractivity contribution < 1.29 is 4.74 Å². The molecule has 32 heavy (non-hydrogen) atoms. The van der Waals surface area contributed by atoms with Gasteiger partial charge in [-0.15, -0.1) is 0 Å². The van der Waals surface area contributed by atoms with Crippen LogP contribution in [-0.2, 0) is 24.2 Å². The quantitative estimate of drug-likeness (QED) is 0.794. The van der Waals surface area contributed by atoms with Crippen LogP contribution in [0.15, 0.2) is 29.1 Å². The highest BCUT2D eigenvalue weighted by molar-refractivity contribution is 5.48. The number of morpholine rings is 1. The highest BCUT2D eigenvalue weighted by atomic mass is 16.5. The van der Waals surface area contributed by atoms with Crippen molar-refractivity contribution in [3.05, 3.63) is 51.4 Å². The van der Waals surface area contributed by atoms with E-state index in [1.54, 1.807) is 0 Å². The van der Waals surface area contributed by atoms with Gasteiger partial charge in [0, 0.05) is 57.1 Å². The van der Waals surface area contributed by atoms with E-state index in [1.165, 1.54) is 43.6 Å². The molecule has 0 spiro atoms. The Labute approximate surface area is 190 Å². The first-order valence-corrected chi connectivity index (χ1v) is 12.1. The van der Waals surface area contributed by atoms with Gasteiger partial charge in [-0.05, 0) is 57.2 Å². The molecule has 3 aliphatic heterocycles. The zero-order valence-electron chi connectivity index (χ0n) is 19.3. The maximum atomic E-state index is 12.8. The van der Waals surface area contributed by atoms with Crippen LogP contribution in [0, 0.1) is 0 Å². The van der Waals surface area contributed by atoms with Crippen LogP contribution in [0.3, 0.4) is 0 Å². The fourth-order valence-corrected chi connectivity index (χ4v) is 5.34. The number of nitrogens with zero attached hydrogens (tertiary/aromatic N) is 4. The van der Waals surface area contributed by atoms with E-state index < -0.39 is 0 Å². The predicted octanol–water partition coefficient (Wildman–Crippen LogP) is 2.93. The topological polar surface area (TPSA) is 64.7 Å². The van der Waals surface area contributed by atoms with Gasteiger partial charge in [0.2, 0.25) is 5.95 Å². The Hall–Kier alpha value is -2.38. The Morgan fingerprint density at radius 2 is 1.72 bits per heavy atom. The summed E-state index contributed by atoms with van der Waals surface area (Å²) in [6.45, 7) is 10.5. The summed E-state index contributed by atoms with van der Waals surface area (Å²) >= 11 is 0. The third kappa shape index (κ3) is 4.69. The summed E-state index contributed by atoms with van der Waals surface area (Å²) in [5, 5.41) is 0. The molecule has 7 heteroatoms. The molecule has 2 fully saturated rings. The number of anilines is 2. The molecule has 4 heterocycles. The summed E-state index contributed by atoms with van der Waals surface area (Å²) < 4.78 is 5.84. The third-order valence-corrected chi connectivity index (χ3v) is 6.92. The molecule has 172 valence electrons. The minimum atomic E-state index is 0.0160. The number of hydrogen-bond donors (Lipinski definition) is 1. The molecule has 5 rings (SSSR count). The first-order chi connectivity index (χ1) is 15.5. The first-order valence-electron chi connectivity index (χ1n) is 12.1. The van der Waals surface area contributed by atoms with Crippen molar-refractivity contribution in [2.45, 2.75) is 64.8 Å². The number of nitrogens with one attached hydrogen (secondary N) is 1. The summed E-state index contributed by atoms with van der Waals surface area (Å²) in [5.74, 6) is 0.684. The van der Waals surface area contributed by atoms with E-state index in [2.05, 4.69) is 57.8 Å². The van der Waals surface area contributed by atoms with Crippen LogP contribution in [0.5, 0.6) is 0 Å². The molecule has 1 aromatic carbocycles. The second-order valence-electron chi connectivity index (χ2n) is 9.65. The maximum absolute atomic E-state index is 12.8. The molecule has 0 aliphatic carbocycles.